The lowest BCUT2D eigenvalue weighted by Crippen LogP contribution is -2.57. The van der Waals surface area contributed by atoms with E-state index < -0.39 is 0 Å². The second kappa shape index (κ2) is 5.93. The second-order valence-electron chi connectivity index (χ2n) is 4.93. The number of nitrogens with zero attached hydrogens (tertiary/aromatic N) is 1. The predicted molar refractivity (Wildman–Crippen MR) is 81.6 cm³/mol. The molecule has 1 fully saturated rings. The third kappa shape index (κ3) is 2.86. The second-order valence-corrected chi connectivity index (χ2v) is 5.85. The fourth-order valence-corrected chi connectivity index (χ4v) is 2.64. The lowest BCUT2D eigenvalue weighted by molar-refractivity contribution is -0.132. The minimum atomic E-state index is -0.371. The number of nitrogens with one attached hydrogen (secondary N) is 2. The monoisotopic (exact) mass is 339 g/mol. The Kier molecular flexibility index (Phi) is 4.45. The molecule has 1 aromatic carbocycles. The zero-order chi connectivity index (χ0) is 14.9. The summed E-state index contributed by atoms with van der Waals surface area (Å²) in [6, 6.07) is 5.68. The van der Waals surface area contributed by atoms with Crippen molar-refractivity contribution in [1.82, 2.24) is 10.6 Å². The number of hydrogen-bond acceptors (Lipinski definition) is 4. The van der Waals surface area contributed by atoms with Crippen molar-refractivity contribution < 1.29 is 9.59 Å². The van der Waals surface area contributed by atoms with Gasteiger partial charge in [0.05, 0.1) is 6.54 Å². The summed E-state index contributed by atoms with van der Waals surface area (Å²) in [5.74, 6) is -0.527. The maximum absolute atomic E-state index is 11.8. The Morgan fingerprint density at radius 2 is 2.15 bits per heavy atom. The zero-order valence-corrected chi connectivity index (χ0v) is 13.3. The molecular formula is C14H18BrN3O2. The molecule has 1 saturated heterocycles. The van der Waals surface area contributed by atoms with Crippen LogP contribution >= 0.6 is 15.9 Å². The number of halogens is 1. The molecule has 0 radical (unpaired) electrons. The summed E-state index contributed by atoms with van der Waals surface area (Å²) in [6.45, 7) is 4.03. The number of piperazine rings is 1. The molecule has 0 spiro atoms. The van der Waals surface area contributed by atoms with Crippen LogP contribution < -0.4 is 15.5 Å². The molecule has 5 nitrogen and oxygen atoms in total. The largest absolute Gasteiger partial charge is 0.350 e. The molecule has 2 amide bonds. The van der Waals surface area contributed by atoms with Gasteiger partial charge in [0.15, 0.2) is 0 Å². The fourth-order valence-electron chi connectivity index (χ4n) is 2.30. The van der Waals surface area contributed by atoms with Crippen molar-refractivity contribution in [1.29, 1.82) is 0 Å². The molecule has 1 aromatic rings. The standard InChI is InChI=1S/C14H18BrN3O2/c1-8(16-3)11-5-4-10(15)6-12(11)18-7-13(19)17-14(20)9(18)2/h4-6,8-9,16H,7H2,1-3H3,(H,17,19,20). The molecule has 20 heavy (non-hydrogen) atoms. The lowest BCUT2D eigenvalue weighted by Gasteiger charge is -2.35. The molecule has 1 aliphatic rings. The van der Waals surface area contributed by atoms with E-state index in [9.17, 15) is 9.59 Å². The smallest absolute Gasteiger partial charge is 0.249 e. The number of benzene rings is 1. The molecule has 2 rings (SSSR count). The Bertz CT molecular complexity index is 547. The van der Waals surface area contributed by atoms with Gasteiger partial charge in [-0.1, -0.05) is 22.0 Å². The quantitative estimate of drug-likeness (QED) is 0.821. The molecular weight excluding hydrogens is 322 g/mol. The minimum absolute atomic E-state index is 0.130. The van der Waals surface area contributed by atoms with E-state index in [0.29, 0.717) is 0 Å². The van der Waals surface area contributed by atoms with Gasteiger partial charge >= 0.3 is 0 Å². The van der Waals surface area contributed by atoms with Crippen LogP contribution in [0.5, 0.6) is 0 Å². The highest BCUT2D eigenvalue weighted by molar-refractivity contribution is 9.10. The third-order valence-corrected chi connectivity index (χ3v) is 4.12. The van der Waals surface area contributed by atoms with Crippen molar-refractivity contribution in [2.45, 2.75) is 25.9 Å². The van der Waals surface area contributed by atoms with Crippen LogP contribution in [-0.4, -0.2) is 31.4 Å². The first-order valence-electron chi connectivity index (χ1n) is 6.51. The van der Waals surface area contributed by atoms with Crippen LogP contribution in [0.3, 0.4) is 0 Å². The van der Waals surface area contributed by atoms with Crippen LogP contribution in [0, 0.1) is 0 Å². The van der Waals surface area contributed by atoms with Gasteiger partial charge in [0.1, 0.15) is 6.04 Å². The summed E-state index contributed by atoms with van der Waals surface area (Å²) >= 11 is 3.45. The Morgan fingerprint density at radius 3 is 2.80 bits per heavy atom. The fraction of sp³-hybridized carbons (Fsp3) is 0.429. The van der Waals surface area contributed by atoms with Gasteiger partial charge in [-0.3, -0.25) is 14.9 Å². The summed E-state index contributed by atoms with van der Waals surface area (Å²) in [5, 5.41) is 5.55. The first-order chi connectivity index (χ1) is 9.43. The number of hydrogen-bond donors (Lipinski definition) is 2. The molecule has 1 aliphatic heterocycles. The van der Waals surface area contributed by atoms with Crippen LogP contribution in [0.15, 0.2) is 22.7 Å². The minimum Gasteiger partial charge on any atom is -0.350 e. The van der Waals surface area contributed by atoms with E-state index in [-0.39, 0.29) is 30.4 Å². The number of amides is 2. The molecule has 0 saturated carbocycles. The maximum atomic E-state index is 11.8. The molecule has 0 bridgehead atoms. The SMILES string of the molecule is CNC(C)c1ccc(Br)cc1N1CC(=O)NC(=O)C1C. The first-order valence-corrected chi connectivity index (χ1v) is 7.30. The van der Waals surface area contributed by atoms with Crippen LogP contribution in [-0.2, 0) is 9.59 Å². The summed E-state index contributed by atoms with van der Waals surface area (Å²) in [6.07, 6.45) is 0. The first kappa shape index (κ1) is 15.0. The average Bonchev–Trinajstić information content (AvgIpc) is 2.42. The van der Waals surface area contributed by atoms with E-state index in [4.69, 9.17) is 0 Å². The summed E-state index contributed by atoms with van der Waals surface area (Å²) in [4.78, 5) is 25.3. The van der Waals surface area contributed by atoms with Crippen molar-refractivity contribution in [2.75, 3.05) is 18.5 Å². The van der Waals surface area contributed by atoms with Crippen molar-refractivity contribution in [3.63, 3.8) is 0 Å². The highest BCUT2D eigenvalue weighted by Gasteiger charge is 2.32. The highest BCUT2D eigenvalue weighted by atomic mass is 79.9. The van der Waals surface area contributed by atoms with E-state index >= 15 is 0 Å². The van der Waals surface area contributed by atoms with Crippen molar-refractivity contribution in [3.05, 3.63) is 28.2 Å². The molecule has 2 unspecified atom stereocenters. The van der Waals surface area contributed by atoms with Gasteiger partial charge in [0.25, 0.3) is 0 Å². The zero-order valence-electron chi connectivity index (χ0n) is 11.7. The third-order valence-electron chi connectivity index (χ3n) is 3.62. The topological polar surface area (TPSA) is 61.4 Å². The predicted octanol–water partition coefficient (Wildman–Crippen LogP) is 1.58. The van der Waals surface area contributed by atoms with Crippen LogP contribution in [0.1, 0.15) is 25.5 Å². The average molecular weight is 340 g/mol. The van der Waals surface area contributed by atoms with E-state index in [1.165, 1.54) is 0 Å². The van der Waals surface area contributed by atoms with Crippen molar-refractivity contribution in [2.24, 2.45) is 0 Å². The number of carbonyl (C=O) groups is 2. The molecule has 1 heterocycles. The summed E-state index contributed by atoms with van der Waals surface area (Å²) < 4.78 is 0.921. The van der Waals surface area contributed by atoms with Gasteiger partial charge in [-0.15, -0.1) is 0 Å². The van der Waals surface area contributed by atoms with Gasteiger partial charge in [-0.25, -0.2) is 0 Å². The Hall–Kier alpha value is -1.40. The number of imide groups is 1. The Morgan fingerprint density at radius 1 is 1.45 bits per heavy atom. The van der Waals surface area contributed by atoms with Crippen LogP contribution in [0.25, 0.3) is 0 Å². The molecule has 108 valence electrons. The highest BCUT2D eigenvalue weighted by Crippen LogP contribution is 2.31. The van der Waals surface area contributed by atoms with E-state index in [1.54, 1.807) is 6.92 Å². The van der Waals surface area contributed by atoms with Gasteiger partial charge in [-0.05, 0) is 38.6 Å². The molecule has 6 heteroatoms. The summed E-state index contributed by atoms with van der Waals surface area (Å²) in [5.41, 5.74) is 1.96. The molecule has 0 aliphatic carbocycles. The Balaban J connectivity index is 2.46. The lowest BCUT2D eigenvalue weighted by atomic mass is 10.0. The maximum Gasteiger partial charge on any atom is 0.249 e. The normalized spacial score (nSPS) is 20.8. The Labute approximate surface area is 126 Å². The van der Waals surface area contributed by atoms with Crippen molar-refractivity contribution in [3.8, 4) is 0 Å². The summed E-state index contributed by atoms with van der Waals surface area (Å²) in [7, 11) is 1.88. The van der Waals surface area contributed by atoms with Crippen molar-refractivity contribution >= 4 is 33.4 Å². The van der Waals surface area contributed by atoms with E-state index in [1.807, 2.05) is 37.1 Å². The van der Waals surface area contributed by atoms with Gasteiger partial charge < -0.3 is 10.2 Å². The van der Waals surface area contributed by atoms with Crippen LogP contribution in [0.2, 0.25) is 0 Å². The molecule has 2 atom stereocenters. The van der Waals surface area contributed by atoms with E-state index in [2.05, 4.69) is 26.6 Å². The van der Waals surface area contributed by atoms with E-state index in [0.717, 1.165) is 15.7 Å². The van der Waals surface area contributed by atoms with Crippen LogP contribution in [0.4, 0.5) is 5.69 Å². The van der Waals surface area contributed by atoms with Gasteiger partial charge in [0, 0.05) is 16.2 Å². The van der Waals surface area contributed by atoms with Gasteiger partial charge in [0.2, 0.25) is 11.8 Å². The number of anilines is 1. The molecule has 2 N–H and O–H groups in total. The molecule has 0 aromatic heterocycles. The number of carbonyl (C=O) groups excluding carboxylic acids is 2. The van der Waals surface area contributed by atoms with Gasteiger partial charge in [-0.2, -0.15) is 0 Å². The number of rotatable bonds is 3.